The second kappa shape index (κ2) is 5.14. The number of benzene rings is 1. The quantitative estimate of drug-likeness (QED) is 0.911. The second-order valence-electron chi connectivity index (χ2n) is 3.72. The number of aryl methyl sites for hydroxylation is 1. The van der Waals surface area contributed by atoms with E-state index in [9.17, 15) is 4.79 Å². The molecule has 2 N–H and O–H groups in total. The fraction of sp³-hybridized carbons (Fsp3) is 0.0833. The van der Waals surface area contributed by atoms with E-state index in [1.54, 1.807) is 6.07 Å². The summed E-state index contributed by atoms with van der Waals surface area (Å²) in [5.74, 6) is -0.600. The molecule has 0 bridgehead atoms. The maximum atomic E-state index is 10.6. The van der Waals surface area contributed by atoms with Crippen LogP contribution in [0.2, 0.25) is 0 Å². The van der Waals surface area contributed by atoms with E-state index in [0.29, 0.717) is 5.82 Å². The van der Waals surface area contributed by atoms with Crippen molar-refractivity contribution < 1.29 is 9.90 Å². The molecule has 0 atom stereocenters. The number of anilines is 2. The van der Waals surface area contributed by atoms with Gasteiger partial charge in [0.15, 0.2) is 11.5 Å². The molecule has 0 unspecified atom stereocenters. The summed E-state index contributed by atoms with van der Waals surface area (Å²) in [6.07, 6.45) is 0. The molecular formula is C12H10BrN3O2. The predicted molar refractivity (Wildman–Crippen MR) is 71.2 cm³/mol. The average molecular weight is 308 g/mol. The maximum Gasteiger partial charge on any atom is 0.356 e. The third kappa shape index (κ3) is 2.84. The Labute approximate surface area is 112 Å². The van der Waals surface area contributed by atoms with Gasteiger partial charge in [0, 0.05) is 4.47 Å². The molecule has 0 fully saturated rings. The highest BCUT2D eigenvalue weighted by Crippen LogP contribution is 2.25. The molecule has 1 aromatic carbocycles. The van der Waals surface area contributed by atoms with Crippen molar-refractivity contribution in [1.29, 1.82) is 0 Å². The Morgan fingerprint density at radius 3 is 2.67 bits per heavy atom. The fourth-order valence-electron chi connectivity index (χ4n) is 1.39. The lowest BCUT2D eigenvalue weighted by Crippen LogP contribution is -2.03. The fourth-order valence-corrected chi connectivity index (χ4v) is 1.73. The minimum Gasteiger partial charge on any atom is -0.476 e. The first kappa shape index (κ1) is 12.5. The van der Waals surface area contributed by atoms with Crippen LogP contribution in [0.5, 0.6) is 0 Å². The van der Waals surface area contributed by atoms with Gasteiger partial charge >= 0.3 is 5.97 Å². The second-order valence-corrected chi connectivity index (χ2v) is 4.57. The molecule has 18 heavy (non-hydrogen) atoms. The number of halogens is 1. The number of carbonyl (C=O) groups is 1. The van der Waals surface area contributed by atoms with E-state index in [-0.39, 0.29) is 5.69 Å². The lowest BCUT2D eigenvalue weighted by molar-refractivity contribution is 0.0689. The topological polar surface area (TPSA) is 75.1 Å². The van der Waals surface area contributed by atoms with Crippen molar-refractivity contribution in [3.63, 3.8) is 0 Å². The third-order valence-corrected chi connectivity index (χ3v) is 2.96. The van der Waals surface area contributed by atoms with Gasteiger partial charge in [0.25, 0.3) is 0 Å². The lowest BCUT2D eigenvalue weighted by atomic mass is 10.2. The molecule has 0 spiro atoms. The van der Waals surface area contributed by atoms with Gasteiger partial charge in [-0.3, -0.25) is 0 Å². The SMILES string of the molecule is Cc1ccc(Br)c(Nc2ccc(C(=O)O)nn2)c1. The molecule has 0 saturated heterocycles. The van der Waals surface area contributed by atoms with E-state index < -0.39 is 5.97 Å². The Kier molecular flexibility index (Phi) is 3.57. The van der Waals surface area contributed by atoms with Crippen LogP contribution in [-0.4, -0.2) is 21.3 Å². The molecule has 1 aromatic heterocycles. The van der Waals surface area contributed by atoms with E-state index in [2.05, 4.69) is 31.4 Å². The molecule has 0 radical (unpaired) electrons. The molecule has 5 nitrogen and oxygen atoms in total. The van der Waals surface area contributed by atoms with Crippen molar-refractivity contribution in [2.45, 2.75) is 6.92 Å². The third-order valence-electron chi connectivity index (χ3n) is 2.27. The molecule has 92 valence electrons. The Hall–Kier alpha value is -1.95. The number of hydrogen-bond donors (Lipinski definition) is 2. The van der Waals surface area contributed by atoms with E-state index in [4.69, 9.17) is 5.11 Å². The van der Waals surface area contributed by atoms with Crippen LogP contribution in [-0.2, 0) is 0 Å². The van der Waals surface area contributed by atoms with Crippen molar-refractivity contribution >= 4 is 33.4 Å². The Bertz CT molecular complexity index is 584. The zero-order valence-corrected chi connectivity index (χ0v) is 11.1. The van der Waals surface area contributed by atoms with Crippen LogP contribution in [0, 0.1) is 6.92 Å². The van der Waals surface area contributed by atoms with Crippen LogP contribution in [0.1, 0.15) is 16.1 Å². The van der Waals surface area contributed by atoms with E-state index in [0.717, 1.165) is 15.7 Å². The summed E-state index contributed by atoms with van der Waals surface area (Å²) in [5.41, 5.74) is 1.88. The smallest absolute Gasteiger partial charge is 0.356 e. The van der Waals surface area contributed by atoms with E-state index in [1.165, 1.54) is 6.07 Å². The van der Waals surface area contributed by atoms with Gasteiger partial charge in [-0.25, -0.2) is 4.79 Å². The average Bonchev–Trinajstić information content (AvgIpc) is 2.34. The zero-order valence-electron chi connectivity index (χ0n) is 9.51. The highest BCUT2D eigenvalue weighted by Gasteiger charge is 2.06. The predicted octanol–water partition coefficient (Wildman–Crippen LogP) is 2.99. The van der Waals surface area contributed by atoms with E-state index >= 15 is 0 Å². The normalized spacial score (nSPS) is 10.1. The Morgan fingerprint density at radius 1 is 1.28 bits per heavy atom. The summed E-state index contributed by atoms with van der Waals surface area (Å²) < 4.78 is 0.900. The van der Waals surface area contributed by atoms with Crippen molar-refractivity contribution in [2.75, 3.05) is 5.32 Å². The molecular weight excluding hydrogens is 298 g/mol. The van der Waals surface area contributed by atoms with Gasteiger partial charge in [-0.15, -0.1) is 10.2 Å². The highest BCUT2D eigenvalue weighted by molar-refractivity contribution is 9.10. The first-order valence-corrected chi connectivity index (χ1v) is 5.96. The first-order valence-electron chi connectivity index (χ1n) is 5.16. The number of aromatic nitrogens is 2. The van der Waals surface area contributed by atoms with Gasteiger partial charge in [0.1, 0.15) is 0 Å². The summed E-state index contributed by atoms with van der Waals surface area (Å²) >= 11 is 3.42. The summed E-state index contributed by atoms with van der Waals surface area (Å²) in [5, 5.41) is 19.2. The van der Waals surface area contributed by atoms with Gasteiger partial charge in [0.2, 0.25) is 0 Å². The largest absolute Gasteiger partial charge is 0.476 e. The van der Waals surface area contributed by atoms with Crippen molar-refractivity contribution in [1.82, 2.24) is 10.2 Å². The number of rotatable bonds is 3. The molecule has 0 aliphatic rings. The number of hydrogen-bond acceptors (Lipinski definition) is 4. The molecule has 0 aliphatic heterocycles. The highest BCUT2D eigenvalue weighted by atomic mass is 79.9. The molecule has 0 saturated carbocycles. The summed E-state index contributed by atoms with van der Waals surface area (Å²) in [6, 6.07) is 8.84. The Balaban J connectivity index is 2.23. The summed E-state index contributed by atoms with van der Waals surface area (Å²) in [6.45, 7) is 1.98. The Morgan fingerprint density at radius 2 is 2.06 bits per heavy atom. The standard InChI is InChI=1S/C12H10BrN3O2/c1-7-2-3-8(13)10(6-7)14-11-5-4-9(12(17)18)15-16-11/h2-6H,1H3,(H,14,16)(H,17,18). The van der Waals surface area contributed by atoms with Crippen LogP contribution in [0.25, 0.3) is 0 Å². The molecule has 0 amide bonds. The maximum absolute atomic E-state index is 10.6. The van der Waals surface area contributed by atoms with Gasteiger partial charge in [-0.1, -0.05) is 6.07 Å². The number of aromatic carboxylic acids is 1. The van der Waals surface area contributed by atoms with Crippen molar-refractivity contribution in [2.24, 2.45) is 0 Å². The van der Waals surface area contributed by atoms with Gasteiger partial charge in [0.05, 0.1) is 5.69 Å². The number of carboxylic acid groups (broad SMARTS) is 1. The minimum atomic E-state index is -1.09. The van der Waals surface area contributed by atoms with Crippen molar-refractivity contribution in [3.05, 3.63) is 46.1 Å². The number of nitrogens with one attached hydrogen (secondary N) is 1. The molecule has 1 heterocycles. The van der Waals surface area contributed by atoms with Crippen LogP contribution >= 0.6 is 15.9 Å². The van der Waals surface area contributed by atoms with Gasteiger partial charge in [-0.2, -0.15) is 0 Å². The number of carboxylic acids is 1. The molecule has 2 rings (SSSR count). The molecule has 2 aromatic rings. The van der Waals surface area contributed by atoms with Crippen LogP contribution in [0.3, 0.4) is 0 Å². The van der Waals surface area contributed by atoms with E-state index in [1.807, 2.05) is 25.1 Å². The van der Waals surface area contributed by atoms with Crippen molar-refractivity contribution in [3.8, 4) is 0 Å². The minimum absolute atomic E-state index is 0.0798. The lowest BCUT2D eigenvalue weighted by Gasteiger charge is -2.08. The molecule has 0 aliphatic carbocycles. The van der Waals surface area contributed by atoms with Crippen LogP contribution in [0.4, 0.5) is 11.5 Å². The van der Waals surface area contributed by atoms with Gasteiger partial charge in [-0.05, 0) is 52.7 Å². The first-order chi connectivity index (χ1) is 8.56. The molecule has 6 heteroatoms. The zero-order chi connectivity index (χ0) is 13.1. The summed E-state index contributed by atoms with van der Waals surface area (Å²) in [7, 11) is 0. The van der Waals surface area contributed by atoms with Crippen LogP contribution < -0.4 is 5.32 Å². The van der Waals surface area contributed by atoms with Gasteiger partial charge < -0.3 is 10.4 Å². The van der Waals surface area contributed by atoms with Crippen LogP contribution in [0.15, 0.2) is 34.8 Å². The monoisotopic (exact) mass is 307 g/mol. The number of nitrogens with zero attached hydrogens (tertiary/aromatic N) is 2. The summed E-state index contributed by atoms with van der Waals surface area (Å²) in [4.78, 5) is 10.6.